The van der Waals surface area contributed by atoms with E-state index in [2.05, 4.69) is 29.8 Å². The summed E-state index contributed by atoms with van der Waals surface area (Å²) in [6.07, 6.45) is 3.61. The maximum absolute atomic E-state index is 12.4. The molecule has 0 saturated heterocycles. The van der Waals surface area contributed by atoms with E-state index in [1.165, 1.54) is 0 Å². The molecule has 1 aromatic carbocycles. The molecule has 0 fully saturated rings. The van der Waals surface area contributed by atoms with Gasteiger partial charge in [0.05, 0.1) is 24.8 Å². The molecule has 2 aromatic rings. The van der Waals surface area contributed by atoms with Crippen LogP contribution in [-0.4, -0.2) is 42.8 Å². The smallest absolute Gasteiger partial charge is 0.227 e. The van der Waals surface area contributed by atoms with E-state index >= 15 is 0 Å². The minimum Gasteiger partial charge on any atom is -0.496 e. The number of aromatic nitrogens is 2. The van der Waals surface area contributed by atoms with Gasteiger partial charge in [0.15, 0.2) is 0 Å². The first-order chi connectivity index (χ1) is 12.9. The summed E-state index contributed by atoms with van der Waals surface area (Å²) in [7, 11) is 0.360. The molecule has 1 atom stereocenters. The first-order valence-electron chi connectivity index (χ1n) is 9.46. The fourth-order valence-electron chi connectivity index (χ4n) is 3.09. The molecule has 0 bridgehead atoms. The van der Waals surface area contributed by atoms with Crippen LogP contribution in [0.5, 0.6) is 5.75 Å². The molecule has 0 N–H and O–H groups in total. The lowest BCUT2D eigenvalue weighted by Crippen LogP contribution is -2.24. The molecule has 0 saturated carbocycles. The van der Waals surface area contributed by atoms with Crippen molar-refractivity contribution in [2.24, 2.45) is 0 Å². The summed E-state index contributed by atoms with van der Waals surface area (Å²) in [5.41, 5.74) is 2.02. The predicted molar refractivity (Wildman–Crippen MR) is 108 cm³/mol. The minimum absolute atomic E-state index is 0.0586. The van der Waals surface area contributed by atoms with E-state index in [4.69, 9.17) is 4.74 Å². The van der Waals surface area contributed by atoms with E-state index < -0.39 is 9.84 Å². The molecule has 150 valence electrons. The summed E-state index contributed by atoms with van der Waals surface area (Å²) in [6.45, 7) is 7.14. The van der Waals surface area contributed by atoms with Crippen LogP contribution in [0.2, 0.25) is 0 Å². The molecule has 7 heteroatoms. The van der Waals surface area contributed by atoms with Gasteiger partial charge in [0.1, 0.15) is 5.75 Å². The summed E-state index contributed by atoms with van der Waals surface area (Å²) < 4.78 is 32.2. The van der Waals surface area contributed by atoms with Gasteiger partial charge in [-0.25, -0.2) is 13.4 Å². The van der Waals surface area contributed by atoms with Crippen molar-refractivity contribution >= 4 is 9.84 Å². The highest BCUT2D eigenvalue weighted by Gasteiger charge is 2.23. The lowest BCUT2D eigenvalue weighted by Gasteiger charge is -2.26. The zero-order chi connectivity index (χ0) is 20.0. The number of rotatable bonds is 10. The van der Waals surface area contributed by atoms with Gasteiger partial charge in [0, 0.05) is 24.7 Å². The Balaban J connectivity index is 2.30. The molecule has 0 radical (unpaired) electrons. The summed E-state index contributed by atoms with van der Waals surface area (Å²) in [4.78, 5) is 6.43. The van der Waals surface area contributed by atoms with E-state index in [0.717, 1.165) is 29.8 Å². The van der Waals surface area contributed by atoms with Crippen LogP contribution in [-0.2, 0) is 22.9 Å². The van der Waals surface area contributed by atoms with Crippen LogP contribution in [0.3, 0.4) is 0 Å². The topological polar surface area (TPSA) is 64.4 Å². The minimum atomic E-state index is -3.34. The average molecular weight is 394 g/mol. The van der Waals surface area contributed by atoms with Gasteiger partial charge < -0.3 is 9.30 Å². The van der Waals surface area contributed by atoms with Crippen LogP contribution in [0.15, 0.2) is 35.6 Å². The first kappa shape index (κ1) is 21.4. The summed E-state index contributed by atoms with van der Waals surface area (Å²) in [5, 5.41) is 0.187. The number of hydrogen-bond donors (Lipinski definition) is 0. The van der Waals surface area contributed by atoms with Gasteiger partial charge in [-0.2, -0.15) is 0 Å². The Labute approximate surface area is 163 Å². The molecule has 0 aliphatic rings. The second-order valence-corrected chi connectivity index (χ2v) is 8.95. The van der Waals surface area contributed by atoms with Crippen LogP contribution >= 0.6 is 0 Å². The quantitative estimate of drug-likeness (QED) is 0.616. The number of methoxy groups -OCH3 is 1. The van der Waals surface area contributed by atoms with Crippen LogP contribution < -0.4 is 4.74 Å². The van der Waals surface area contributed by atoms with Crippen molar-refractivity contribution in [1.82, 2.24) is 14.5 Å². The first-order valence-corrected chi connectivity index (χ1v) is 11.1. The van der Waals surface area contributed by atoms with Gasteiger partial charge in [-0.3, -0.25) is 4.90 Å². The number of sulfone groups is 1. The van der Waals surface area contributed by atoms with Crippen LogP contribution in [0.25, 0.3) is 0 Å². The molecule has 1 heterocycles. The molecule has 0 unspecified atom stereocenters. The molecule has 6 nitrogen and oxygen atoms in total. The van der Waals surface area contributed by atoms with Gasteiger partial charge in [-0.15, -0.1) is 0 Å². The highest BCUT2D eigenvalue weighted by molar-refractivity contribution is 7.91. The number of benzene rings is 1. The van der Waals surface area contributed by atoms with Crippen molar-refractivity contribution in [2.75, 3.05) is 19.9 Å². The Morgan fingerprint density at radius 1 is 1.26 bits per heavy atom. The molecule has 0 spiro atoms. The second-order valence-electron chi connectivity index (χ2n) is 6.77. The van der Waals surface area contributed by atoms with E-state index in [9.17, 15) is 8.42 Å². The molecular weight excluding hydrogens is 362 g/mol. The van der Waals surface area contributed by atoms with Gasteiger partial charge in [0.2, 0.25) is 15.0 Å². The second kappa shape index (κ2) is 9.37. The lowest BCUT2D eigenvalue weighted by atomic mass is 10.1. The molecular formula is C20H31N3O3S. The van der Waals surface area contributed by atoms with Crippen LogP contribution in [0.1, 0.15) is 50.9 Å². The third-order valence-electron chi connectivity index (χ3n) is 4.96. The maximum Gasteiger partial charge on any atom is 0.227 e. The molecule has 0 aliphatic heterocycles. The highest BCUT2D eigenvalue weighted by Crippen LogP contribution is 2.29. The Kier molecular flexibility index (Phi) is 7.44. The number of unbranched alkanes of at least 4 members (excludes halogenated alkanes) is 1. The van der Waals surface area contributed by atoms with E-state index in [1.807, 2.05) is 29.8 Å². The number of imidazole rings is 1. The van der Waals surface area contributed by atoms with E-state index in [-0.39, 0.29) is 17.0 Å². The zero-order valence-electron chi connectivity index (χ0n) is 17.0. The number of nitrogens with zero attached hydrogens (tertiary/aromatic N) is 3. The normalized spacial score (nSPS) is 13.1. The lowest BCUT2D eigenvalue weighted by molar-refractivity contribution is 0.240. The zero-order valence-corrected chi connectivity index (χ0v) is 17.8. The predicted octanol–water partition coefficient (Wildman–Crippen LogP) is 3.68. The molecule has 2 rings (SSSR count). The van der Waals surface area contributed by atoms with Gasteiger partial charge >= 0.3 is 0 Å². The number of hydrogen-bond acceptors (Lipinski definition) is 5. The molecule has 0 aliphatic carbocycles. The highest BCUT2D eigenvalue weighted by atomic mass is 32.2. The van der Waals surface area contributed by atoms with Gasteiger partial charge in [-0.05, 0) is 26.5 Å². The fourth-order valence-corrected chi connectivity index (χ4v) is 4.11. The Hall–Kier alpha value is -1.86. The van der Waals surface area contributed by atoms with Crippen LogP contribution in [0.4, 0.5) is 0 Å². The largest absolute Gasteiger partial charge is 0.496 e. The van der Waals surface area contributed by atoms with Gasteiger partial charge in [-0.1, -0.05) is 38.5 Å². The molecule has 27 heavy (non-hydrogen) atoms. The number of ether oxygens (including phenoxy) is 1. The van der Waals surface area contributed by atoms with Gasteiger partial charge in [0.25, 0.3) is 0 Å². The van der Waals surface area contributed by atoms with E-state index in [0.29, 0.717) is 13.1 Å². The van der Waals surface area contributed by atoms with Crippen molar-refractivity contribution in [3.8, 4) is 5.75 Å². The fraction of sp³-hybridized carbons (Fsp3) is 0.550. The SMILES string of the molecule is CCCCn1c(CN(C)[C@@H](C)c2ccccc2OC)cnc1S(=O)(=O)CC. The number of para-hydroxylation sites is 1. The monoisotopic (exact) mass is 393 g/mol. The third-order valence-corrected chi connectivity index (χ3v) is 6.60. The maximum atomic E-state index is 12.4. The van der Waals surface area contributed by atoms with Crippen molar-refractivity contribution < 1.29 is 13.2 Å². The summed E-state index contributed by atoms with van der Waals surface area (Å²) >= 11 is 0. The molecule has 1 aromatic heterocycles. The van der Waals surface area contributed by atoms with Crippen molar-refractivity contribution in [2.45, 2.75) is 57.9 Å². The average Bonchev–Trinajstić information content (AvgIpc) is 3.08. The van der Waals surface area contributed by atoms with Crippen molar-refractivity contribution in [3.63, 3.8) is 0 Å². The summed E-state index contributed by atoms with van der Waals surface area (Å²) in [5.74, 6) is 0.911. The Morgan fingerprint density at radius 2 is 1.96 bits per heavy atom. The summed E-state index contributed by atoms with van der Waals surface area (Å²) in [6, 6.07) is 8.08. The van der Waals surface area contributed by atoms with Crippen LogP contribution in [0, 0.1) is 0 Å². The standard InChI is InChI=1S/C20H31N3O3S/c1-6-8-13-23-17(14-21-20(23)27(24,25)7-2)15-22(4)16(3)18-11-9-10-12-19(18)26-5/h9-12,14,16H,6-8,13,15H2,1-5H3/t16-/m0/s1. The van der Waals surface area contributed by atoms with Crippen molar-refractivity contribution in [1.29, 1.82) is 0 Å². The van der Waals surface area contributed by atoms with Crippen molar-refractivity contribution in [3.05, 3.63) is 41.7 Å². The Morgan fingerprint density at radius 3 is 2.59 bits per heavy atom. The third kappa shape index (κ3) is 4.90. The van der Waals surface area contributed by atoms with E-state index in [1.54, 1.807) is 20.2 Å². The molecule has 0 amide bonds. The Bertz CT molecular complexity index is 846.